The fraction of sp³-hybridized carbons (Fsp3) is 0.300. The maximum Gasteiger partial charge on any atom is 0.107 e. The van der Waals surface area contributed by atoms with Gasteiger partial charge in [-0.15, -0.1) is 0 Å². The lowest BCUT2D eigenvalue weighted by molar-refractivity contribution is 0.0336. The third kappa shape index (κ3) is 2.86. The monoisotopic (exact) mass is 243 g/mol. The number of halogens is 1. The maximum absolute atomic E-state index is 9.72. The van der Waals surface area contributed by atoms with E-state index in [0.717, 1.165) is 0 Å². The molecule has 80 valence electrons. The van der Waals surface area contributed by atoms with Gasteiger partial charge in [0.1, 0.15) is 6.10 Å². The summed E-state index contributed by atoms with van der Waals surface area (Å²) in [5.74, 6) is 0.110. The van der Waals surface area contributed by atoms with Crippen molar-refractivity contribution in [3.8, 4) is 6.07 Å². The quantitative estimate of drug-likeness (QED) is 0.706. The van der Waals surface area contributed by atoms with Crippen LogP contribution < -0.4 is 0 Å². The molecule has 0 saturated heterocycles. The second kappa shape index (κ2) is 5.38. The van der Waals surface area contributed by atoms with Crippen molar-refractivity contribution in [2.45, 2.75) is 12.2 Å². The van der Waals surface area contributed by atoms with Crippen molar-refractivity contribution in [1.82, 2.24) is 0 Å². The molecule has 15 heavy (non-hydrogen) atoms. The van der Waals surface area contributed by atoms with Crippen LogP contribution in [0.3, 0.4) is 0 Å². The van der Waals surface area contributed by atoms with E-state index in [2.05, 4.69) is 12.6 Å². The van der Waals surface area contributed by atoms with Crippen LogP contribution >= 0.6 is 24.2 Å². The Morgan fingerprint density at radius 2 is 2.13 bits per heavy atom. The highest BCUT2D eigenvalue weighted by molar-refractivity contribution is 7.80. The van der Waals surface area contributed by atoms with E-state index in [9.17, 15) is 10.2 Å². The summed E-state index contributed by atoms with van der Waals surface area (Å²) in [6.07, 6.45) is -2.16. The molecule has 0 radical (unpaired) electrons. The Kier molecular flexibility index (Phi) is 4.43. The van der Waals surface area contributed by atoms with Gasteiger partial charge >= 0.3 is 0 Å². The Morgan fingerprint density at radius 3 is 2.67 bits per heavy atom. The molecule has 2 atom stereocenters. The molecule has 0 aliphatic rings. The van der Waals surface area contributed by atoms with Crippen LogP contribution in [0.15, 0.2) is 18.2 Å². The van der Waals surface area contributed by atoms with E-state index in [-0.39, 0.29) is 5.75 Å². The number of hydrogen-bond acceptors (Lipinski definition) is 4. The Morgan fingerprint density at radius 1 is 1.47 bits per heavy atom. The third-order valence-corrected chi connectivity index (χ3v) is 2.61. The molecular formula is C10H10ClNO2S. The second-order valence-electron chi connectivity index (χ2n) is 3.04. The molecule has 1 aromatic carbocycles. The van der Waals surface area contributed by atoms with E-state index >= 15 is 0 Å². The lowest BCUT2D eigenvalue weighted by atomic mass is 10.00. The lowest BCUT2D eigenvalue weighted by Gasteiger charge is -2.17. The van der Waals surface area contributed by atoms with Gasteiger partial charge in [0.2, 0.25) is 0 Å². The first-order chi connectivity index (χ1) is 7.10. The third-order valence-electron chi connectivity index (χ3n) is 2.00. The molecule has 2 N–H and O–H groups in total. The Labute approximate surface area is 98.3 Å². The zero-order valence-electron chi connectivity index (χ0n) is 7.76. The smallest absolute Gasteiger partial charge is 0.107 e. The molecule has 0 bridgehead atoms. The van der Waals surface area contributed by atoms with E-state index in [1.807, 2.05) is 6.07 Å². The van der Waals surface area contributed by atoms with E-state index in [4.69, 9.17) is 16.9 Å². The molecule has 2 unspecified atom stereocenters. The van der Waals surface area contributed by atoms with Crippen LogP contribution in [0, 0.1) is 11.3 Å². The molecule has 5 heteroatoms. The van der Waals surface area contributed by atoms with Crippen molar-refractivity contribution in [3.05, 3.63) is 34.3 Å². The van der Waals surface area contributed by atoms with Gasteiger partial charge in [-0.1, -0.05) is 11.6 Å². The normalized spacial score (nSPS) is 14.3. The second-order valence-corrected chi connectivity index (χ2v) is 3.84. The molecule has 3 nitrogen and oxygen atoms in total. The molecule has 0 fully saturated rings. The van der Waals surface area contributed by atoms with E-state index in [1.54, 1.807) is 6.07 Å². The number of benzene rings is 1. The SMILES string of the molecule is N#Cc1ccc(Cl)cc1C(O)C(O)CS. The highest BCUT2D eigenvalue weighted by Crippen LogP contribution is 2.24. The van der Waals surface area contributed by atoms with Gasteiger partial charge in [-0.05, 0) is 18.2 Å². The van der Waals surface area contributed by atoms with Gasteiger partial charge in [0, 0.05) is 16.3 Å². The van der Waals surface area contributed by atoms with Crippen LogP contribution in [0.4, 0.5) is 0 Å². The van der Waals surface area contributed by atoms with Crippen LogP contribution in [0.2, 0.25) is 5.02 Å². The number of thiol groups is 1. The van der Waals surface area contributed by atoms with E-state index < -0.39 is 12.2 Å². The summed E-state index contributed by atoms with van der Waals surface area (Å²) in [5, 5.41) is 28.3. The molecule has 0 heterocycles. The minimum Gasteiger partial charge on any atom is -0.389 e. The van der Waals surface area contributed by atoms with Crippen LogP contribution in [0.5, 0.6) is 0 Å². The number of nitrogens with zero attached hydrogens (tertiary/aromatic N) is 1. The van der Waals surface area contributed by atoms with Crippen LogP contribution in [-0.2, 0) is 0 Å². The molecule has 0 aromatic heterocycles. The van der Waals surface area contributed by atoms with Gasteiger partial charge < -0.3 is 10.2 Å². The minimum atomic E-state index is -1.14. The van der Waals surface area contributed by atoms with Gasteiger partial charge in [0.15, 0.2) is 0 Å². The standard InChI is InChI=1S/C10H10ClNO2S/c11-7-2-1-6(4-12)8(3-7)10(14)9(13)5-15/h1-3,9-10,13-15H,5H2. The van der Waals surface area contributed by atoms with Gasteiger partial charge in [-0.3, -0.25) is 0 Å². The molecule has 0 aliphatic carbocycles. The molecule has 0 spiro atoms. The van der Waals surface area contributed by atoms with Gasteiger partial charge in [0.25, 0.3) is 0 Å². The summed E-state index contributed by atoms with van der Waals surface area (Å²) >= 11 is 9.61. The predicted molar refractivity (Wildman–Crippen MR) is 61.0 cm³/mol. The summed E-state index contributed by atoms with van der Waals surface area (Å²) in [5.41, 5.74) is 0.624. The van der Waals surface area contributed by atoms with Gasteiger partial charge in [-0.25, -0.2) is 0 Å². The van der Waals surface area contributed by atoms with Crippen molar-refractivity contribution < 1.29 is 10.2 Å². The topological polar surface area (TPSA) is 64.2 Å². The molecule has 0 aliphatic heterocycles. The summed E-state index contributed by atoms with van der Waals surface area (Å²) in [6.45, 7) is 0. The largest absolute Gasteiger partial charge is 0.389 e. The fourth-order valence-electron chi connectivity index (χ4n) is 1.19. The first-order valence-corrected chi connectivity index (χ1v) is 5.27. The number of hydrogen-bond donors (Lipinski definition) is 3. The van der Waals surface area contributed by atoms with Gasteiger partial charge in [-0.2, -0.15) is 17.9 Å². The summed E-state index contributed by atoms with van der Waals surface area (Å²) < 4.78 is 0. The molecular weight excluding hydrogens is 234 g/mol. The lowest BCUT2D eigenvalue weighted by Crippen LogP contribution is -2.20. The average Bonchev–Trinajstić information content (AvgIpc) is 2.27. The molecule has 1 aromatic rings. The van der Waals surface area contributed by atoms with Crippen molar-refractivity contribution >= 4 is 24.2 Å². The number of nitriles is 1. The van der Waals surface area contributed by atoms with Crippen molar-refractivity contribution in [2.75, 3.05) is 5.75 Å². The Balaban J connectivity index is 3.12. The zero-order chi connectivity index (χ0) is 11.4. The van der Waals surface area contributed by atoms with Crippen LogP contribution in [0.1, 0.15) is 17.2 Å². The molecule has 1 rings (SSSR count). The highest BCUT2D eigenvalue weighted by atomic mass is 35.5. The van der Waals surface area contributed by atoms with Crippen LogP contribution in [-0.4, -0.2) is 22.1 Å². The zero-order valence-corrected chi connectivity index (χ0v) is 9.41. The van der Waals surface area contributed by atoms with Crippen molar-refractivity contribution in [2.24, 2.45) is 0 Å². The summed E-state index contributed by atoms with van der Waals surface area (Å²) in [6, 6.07) is 6.46. The van der Waals surface area contributed by atoms with Crippen LogP contribution in [0.25, 0.3) is 0 Å². The maximum atomic E-state index is 9.72. The average molecular weight is 244 g/mol. The van der Waals surface area contributed by atoms with E-state index in [1.165, 1.54) is 12.1 Å². The number of aliphatic hydroxyl groups excluding tert-OH is 2. The predicted octanol–water partition coefficient (Wildman–Crippen LogP) is 1.54. The summed E-state index contributed by atoms with van der Waals surface area (Å²) in [7, 11) is 0. The number of rotatable bonds is 3. The fourth-order valence-corrected chi connectivity index (χ4v) is 1.57. The number of aliphatic hydroxyl groups is 2. The Bertz CT molecular complexity index is 391. The first kappa shape index (κ1) is 12.3. The first-order valence-electron chi connectivity index (χ1n) is 4.26. The van der Waals surface area contributed by atoms with Crippen molar-refractivity contribution in [3.63, 3.8) is 0 Å². The van der Waals surface area contributed by atoms with Crippen molar-refractivity contribution in [1.29, 1.82) is 5.26 Å². The highest BCUT2D eigenvalue weighted by Gasteiger charge is 2.20. The van der Waals surface area contributed by atoms with Gasteiger partial charge in [0.05, 0.1) is 17.7 Å². The van der Waals surface area contributed by atoms with E-state index in [0.29, 0.717) is 16.1 Å². The molecule has 0 amide bonds. The Hall–Kier alpha value is -0.730. The molecule has 0 saturated carbocycles. The minimum absolute atomic E-state index is 0.110. The summed E-state index contributed by atoms with van der Waals surface area (Å²) in [4.78, 5) is 0.